The van der Waals surface area contributed by atoms with Gasteiger partial charge >= 0.3 is 6.98 Å². The van der Waals surface area contributed by atoms with Crippen LogP contribution in [0.1, 0.15) is 0 Å². The molecule has 0 radical (unpaired) electrons. The zero-order valence-electron chi connectivity index (χ0n) is 9.82. The first-order chi connectivity index (χ1) is 8.94. The molecule has 2 rings (SSSR count). The van der Waals surface area contributed by atoms with E-state index in [4.69, 9.17) is 0 Å². The Morgan fingerprint density at radius 1 is 0.842 bits per heavy atom. The molecule has 0 aliphatic rings. The smallest absolute Gasteiger partial charge is 0.515 e. The fourth-order valence-electron chi connectivity index (χ4n) is 1.58. The third-order valence-electron chi connectivity index (χ3n) is 2.47. The van der Waals surface area contributed by atoms with Gasteiger partial charge in [0.05, 0.1) is 6.51 Å². The van der Waals surface area contributed by atoms with E-state index < -0.39 is 13.5 Å². The Morgan fingerprint density at radius 3 is 1.79 bits per heavy atom. The number of rotatable bonds is 4. The average Bonchev–Trinajstić information content (AvgIpc) is 2.37. The quantitative estimate of drug-likeness (QED) is 0.726. The highest BCUT2D eigenvalue weighted by Gasteiger charge is 2.24. The Kier molecular flexibility index (Phi) is 4.19. The lowest BCUT2D eigenvalue weighted by Gasteiger charge is -2.15. The second-order valence-electron chi connectivity index (χ2n) is 4.05. The van der Waals surface area contributed by atoms with Gasteiger partial charge < -0.3 is 17.7 Å². The van der Waals surface area contributed by atoms with E-state index in [0.717, 1.165) is 15.6 Å². The van der Waals surface area contributed by atoms with Crippen molar-refractivity contribution in [2.24, 2.45) is 0 Å². The van der Waals surface area contributed by atoms with Gasteiger partial charge in [-0.3, -0.25) is 0 Å². The normalized spacial score (nSPS) is 11.4. The molecule has 19 heavy (non-hydrogen) atoms. The molecule has 0 saturated carbocycles. The van der Waals surface area contributed by atoms with E-state index in [1.807, 2.05) is 24.3 Å². The molecule has 0 saturated heterocycles. The Morgan fingerprint density at radius 2 is 1.32 bits per heavy atom. The summed E-state index contributed by atoms with van der Waals surface area (Å²) in [5.74, 6) is 0.222. The standard InChI is InChI=1S/C13H10BBrF3O/c15-12-5-1-10(2-6-12)11-3-7-13(8-4-11)19-9-14(16,17)18/h1-8H,9H2/q-1. The first kappa shape index (κ1) is 14.0. The van der Waals surface area contributed by atoms with Crippen molar-refractivity contribution in [3.63, 3.8) is 0 Å². The van der Waals surface area contributed by atoms with E-state index in [1.54, 1.807) is 24.3 Å². The molecule has 0 spiro atoms. The second-order valence-corrected chi connectivity index (χ2v) is 4.97. The van der Waals surface area contributed by atoms with Crippen LogP contribution >= 0.6 is 15.9 Å². The van der Waals surface area contributed by atoms with Gasteiger partial charge in [-0.05, 0) is 35.4 Å². The van der Waals surface area contributed by atoms with Crippen molar-refractivity contribution in [1.82, 2.24) is 0 Å². The summed E-state index contributed by atoms with van der Waals surface area (Å²) in [6.07, 6.45) is 0. The summed E-state index contributed by atoms with van der Waals surface area (Å²) in [5, 5.41) is 0. The van der Waals surface area contributed by atoms with Crippen LogP contribution in [-0.4, -0.2) is 13.5 Å². The molecule has 0 unspecified atom stereocenters. The van der Waals surface area contributed by atoms with Crippen LogP contribution in [0.3, 0.4) is 0 Å². The highest BCUT2D eigenvalue weighted by Crippen LogP contribution is 2.24. The maximum absolute atomic E-state index is 12.1. The molecule has 0 aromatic heterocycles. The minimum absolute atomic E-state index is 0.222. The van der Waals surface area contributed by atoms with E-state index in [-0.39, 0.29) is 5.75 Å². The minimum Gasteiger partial charge on any atom is -0.522 e. The predicted molar refractivity (Wildman–Crippen MR) is 74.2 cm³/mol. The number of halogens is 4. The predicted octanol–water partition coefficient (Wildman–Crippen LogP) is 4.88. The topological polar surface area (TPSA) is 9.23 Å². The molecule has 6 heteroatoms. The van der Waals surface area contributed by atoms with Gasteiger partial charge in [0.15, 0.2) is 0 Å². The lowest BCUT2D eigenvalue weighted by atomic mass is 9.95. The van der Waals surface area contributed by atoms with Gasteiger partial charge in [-0.1, -0.05) is 40.2 Å². The zero-order chi connectivity index (χ0) is 13.9. The summed E-state index contributed by atoms with van der Waals surface area (Å²) in [4.78, 5) is 0. The molecular weight excluding hydrogens is 320 g/mol. The minimum atomic E-state index is -4.92. The van der Waals surface area contributed by atoms with E-state index in [9.17, 15) is 12.9 Å². The van der Waals surface area contributed by atoms with Crippen LogP contribution in [0, 0.1) is 0 Å². The highest BCUT2D eigenvalue weighted by molar-refractivity contribution is 9.10. The monoisotopic (exact) mass is 329 g/mol. The van der Waals surface area contributed by atoms with Crippen LogP contribution in [0.4, 0.5) is 12.9 Å². The van der Waals surface area contributed by atoms with Gasteiger partial charge in [0.1, 0.15) is 5.75 Å². The number of hydrogen-bond acceptors (Lipinski definition) is 1. The molecule has 0 aliphatic heterocycles. The largest absolute Gasteiger partial charge is 0.522 e. The fraction of sp³-hybridized carbons (Fsp3) is 0.0769. The van der Waals surface area contributed by atoms with Crippen LogP contribution in [-0.2, 0) is 0 Å². The molecule has 100 valence electrons. The zero-order valence-corrected chi connectivity index (χ0v) is 11.4. The highest BCUT2D eigenvalue weighted by atomic mass is 79.9. The molecule has 0 amide bonds. The van der Waals surface area contributed by atoms with Crippen molar-refractivity contribution in [2.45, 2.75) is 0 Å². The maximum atomic E-state index is 12.1. The van der Waals surface area contributed by atoms with Gasteiger partial charge in [0.2, 0.25) is 0 Å². The molecule has 0 atom stereocenters. The van der Waals surface area contributed by atoms with Gasteiger partial charge in [0.25, 0.3) is 0 Å². The first-order valence-corrected chi connectivity index (χ1v) is 6.43. The lowest BCUT2D eigenvalue weighted by Crippen LogP contribution is -2.26. The molecule has 1 nitrogen and oxygen atoms in total. The van der Waals surface area contributed by atoms with Crippen LogP contribution in [0.2, 0.25) is 0 Å². The number of ether oxygens (including phenoxy) is 1. The van der Waals surface area contributed by atoms with E-state index in [1.165, 1.54) is 0 Å². The summed E-state index contributed by atoms with van der Waals surface area (Å²) >= 11 is 3.34. The van der Waals surface area contributed by atoms with Crippen LogP contribution in [0.15, 0.2) is 53.0 Å². The van der Waals surface area contributed by atoms with Crippen molar-refractivity contribution in [3.8, 4) is 16.9 Å². The second kappa shape index (κ2) is 5.69. The molecule has 0 aliphatic carbocycles. The van der Waals surface area contributed by atoms with Crippen molar-refractivity contribution in [3.05, 3.63) is 53.0 Å². The maximum Gasteiger partial charge on any atom is 0.515 e. The van der Waals surface area contributed by atoms with E-state index in [2.05, 4.69) is 20.7 Å². The Bertz CT molecular complexity index is 537. The fourth-order valence-corrected chi connectivity index (χ4v) is 1.84. The Labute approximate surface area is 117 Å². The molecule has 0 bridgehead atoms. The molecular formula is C13H10BBrF3O-. The number of hydrogen-bond donors (Lipinski definition) is 0. The lowest BCUT2D eigenvalue weighted by molar-refractivity contribution is 0.313. The number of benzene rings is 2. The Balaban J connectivity index is 2.08. The van der Waals surface area contributed by atoms with E-state index in [0.29, 0.717) is 0 Å². The van der Waals surface area contributed by atoms with Crippen molar-refractivity contribution in [1.29, 1.82) is 0 Å². The SMILES string of the molecule is F[B-](F)(F)COc1ccc(-c2ccc(Br)cc2)cc1. The summed E-state index contributed by atoms with van der Waals surface area (Å²) in [6.45, 7) is -6.13. The molecule has 2 aromatic rings. The third kappa shape index (κ3) is 4.31. The Hall–Kier alpha value is -1.43. The molecule has 0 heterocycles. The van der Waals surface area contributed by atoms with E-state index >= 15 is 0 Å². The molecule has 2 aromatic carbocycles. The summed E-state index contributed by atoms with van der Waals surface area (Å²) < 4.78 is 41.8. The van der Waals surface area contributed by atoms with Crippen LogP contribution in [0.25, 0.3) is 11.1 Å². The van der Waals surface area contributed by atoms with Crippen molar-refractivity contribution >= 4 is 22.9 Å². The first-order valence-electron chi connectivity index (χ1n) is 5.64. The summed E-state index contributed by atoms with van der Waals surface area (Å²) in [7, 11) is 0. The summed E-state index contributed by atoms with van der Waals surface area (Å²) in [6, 6.07) is 14.2. The van der Waals surface area contributed by atoms with Gasteiger partial charge in [-0.25, -0.2) is 0 Å². The van der Waals surface area contributed by atoms with Crippen molar-refractivity contribution < 1.29 is 17.7 Å². The van der Waals surface area contributed by atoms with Crippen LogP contribution < -0.4 is 4.74 Å². The van der Waals surface area contributed by atoms with Gasteiger partial charge in [-0.2, -0.15) is 0 Å². The average molecular weight is 330 g/mol. The molecule has 0 N–H and O–H groups in total. The van der Waals surface area contributed by atoms with Crippen molar-refractivity contribution in [2.75, 3.05) is 6.51 Å². The third-order valence-corrected chi connectivity index (χ3v) is 3.00. The van der Waals surface area contributed by atoms with Gasteiger partial charge in [0, 0.05) is 4.47 Å². The summed E-state index contributed by atoms with van der Waals surface area (Å²) in [5.41, 5.74) is 1.92. The molecule has 0 fully saturated rings. The van der Waals surface area contributed by atoms with Gasteiger partial charge in [-0.15, -0.1) is 0 Å². The van der Waals surface area contributed by atoms with Crippen LogP contribution in [0.5, 0.6) is 5.75 Å².